The van der Waals surface area contributed by atoms with Crippen molar-refractivity contribution < 1.29 is 14.3 Å². The van der Waals surface area contributed by atoms with E-state index in [-0.39, 0.29) is 18.0 Å². The Morgan fingerprint density at radius 2 is 1.75 bits per heavy atom. The Labute approximate surface area is 169 Å². The smallest absolute Gasteiger partial charge is 0.317 e. The number of ether oxygens (including phenoxy) is 1. The van der Waals surface area contributed by atoms with E-state index in [2.05, 4.69) is 5.32 Å². The quantitative estimate of drug-likeness (QED) is 0.692. The number of aryl methyl sites for hydroxylation is 2. The van der Waals surface area contributed by atoms with Crippen LogP contribution in [-0.4, -0.2) is 60.6 Å². The van der Waals surface area contributed by atoms with E-state index in [1.54, 1.807) is 4.90 Å². The molecule has 0 radical (unpaired) electrons. The Morgan fingerprint density at radius 1 is 1.14 bits per heavy atom. The molecule has 0 atom stereocenters. The van der Waals surface area contributed by atoms with E-state index in [1.807, 2.05) is 50.8 Å². The van der Waals surface area contributed by atoms with Gasteiger partial charge in [0, 0.05) is 38.6 Å². The summed E-state index contributed by atoms with van der Waals surface area (Å²) in [5.74, 6) is 1.11. The molecule has 1 aromatic carbocycles. The third kappa shape index (κ3) is 6.14. The predicted octanol–water partition coefficient (Wildman–Crippen LogP) is 3.50. The maximum Gasteiger partial charge on any atom is 0.317 e. The molecule has 6 nitrogen and oxygen atoms in total. The first-order valence-electron chi connectivity index (χ1n) is 10.5. The Kier molecular flexibility index (Phi) is 8.61. The summed E-state index contributed by atoms with van der Waals surface area (Å²) in [6.45, 7) is 11.4. The number of hydrogen-bond acceptors (Lipinski definition) is 3. The fraction of sp³-hybridized carbons (Fsp3) is 0.636. The van der Waals surface area contributed by atoms with Gasteiger partial charge in [-0.25, -0.2) is 4.79 Å². The molecule has 0 bridgehead atoms. The zero-order valence-corrected chi connectivity index (χ0v) is 17.8. The summed E-state index contributed by atoms with van der Waals surface area (Å²) >= 11 is 0. The highest BCUT2D eigenvalue weighted by Gasteiger charge is 2.24. The lowest BCUT2D eigenvalue weighted by atomic mass is 10.0. The van der Waals surface area contributed by atoms with E-state index in [0.717, 1.165) is 29.7 Å². The number of urea groups is 1. The van der Waals surface area contributed by atoms with Crippen molar-refractivity contribution in [2.75, 3.05) is 32.8 Å². The van der Waals surface area contributed by atoms with Gasteiger partial charge in [0.1, 0.15) is 5.75 Å². The van der Waals surface area contributed by atoms with E-state index in [9.17, 15) is 9.59 Å². The van der Waals surface area contributed by atoms with Crippen LogP contribution in [0.5, 0.6) is 5.75 Å². The standard InChI is InChI=1S/C22H35N3O3/c1-5-24(6-2)22(27)23-19-12-14-25(15-13-19)20(26)11-8-16-28-21-17(3)9-7-10-18(21)4/h7,9-10,19H,5-6,8,11-16H2,1-4H3,(H,23,27). The highest BCUT2D eigenvalue weighted by Crippen LogP contribution is 2.22. The van der Waals surface area contributed by atoms with Crippen molar-refractivity contribution in [2.45, 2.75) is 59.4 Å². The van der Waals surface area contributed by atoms with Gasteiger partial charge in [0.05, 0.1) is 6.61 Å². The average Bonchev–Trinajstić information content (AvgIpc) is 2.68. The molecular formula is C22H35N3O3. The zero-order chi connectivity index (χ0) is 20.5. The molecule has 0 unspecified atom stereocenters. The second-order valence-electron chi connectivity index (χ2n) is 7.45. The molecule has 1 aliphatic rings. The van der Waals surface area contributed by atoms with E-state index in [0.29, 0.717) is 45.6 Å². The molecule has 1 aromatic rings. The molecule has 28 heavy (non-hydrogen) atoms. The number of nitrogens with zero attached hydrogens (tertiary/aromatic N) is 2. The van der Waals surface area contributed by atoms with Crippen LogP contribution in [0.3, 0.4) is 0 Å². The van der Waals surface area contributed by atoms with Crippen LogP contribution in [0.15, 0.2) is 18.2 Å². The number of piperidine rings is 1. The summed E-state index contributed by atoms with van der Waals surface area (Å²) in [5.41, 5.74) is 2.25. The van der Waals surface area contributed by atoms with Crippen LogP contribution in [0, 0.1) is 13.8 Å². The molecule has 1 fully saturated rings. The molecule has 6 heteroatoms. The number of amides is 3. The van der Waals surface area contributed by atoms with Crippen LogP contribution in [0.4, 0.5) is 4.79 Å². The largest absolute Gasteiger partial charge is 0.493 e. The summed E-state index contributed by atoms with van der Waals surface area (Å²) in [7, 11) is 0. The van der Waals surface area contributed by atoms with Crippen molar-refractivity contribution in [1.29, 1.82) is 0 Å². The van der Waals surface area contributed by atoms with Crippen molar-refractivity contribution in [3.05, 3.63) is 29.3 Å². The first kappa shape index (κ1) is 22.1. The lowest BCUT2D eigenvalue weighted by molar-refractivity contribution is -0.132. The first-order valence-corrected chi connectivity index (χ1v) is 10.5. The number of benzene rings is 1. The molecule has 1 saturated heterocycles. The summed E-state index contributed by atoms with van der Waals surface area (Å²) in [6.07, 6.45) is 2.85. The molecule has 2 rings (SSSR count). The van der Waals surface area contributed by atoms with Crippen molar-refractivity contribution in [1.82, 2.24) is 15.1 Å². The lowest BCUT2D eigenvalue weighted by Gasteiger charge is -2.33. The van der Waals surface area contributed by atoms with E-state index < -0.39 is 0 Å². The molecule has 1 N–H and O–H groups in total. The minimum atomic E-state index is -0.00146. The Balaban J connectivity index is 1.67. The molecule has 0 spiro atoms. The number of rotatable bonds is 8. The third-order valence-electron chi connectivity index (χ3n) is 5.42. The molecule has 0 saturated carbocycles. The van der Waals surface area contributed by atoms with Crippen LogP contribution < -0.4 is 10.1 Å². The van der Waals surface area contributed by atoms with Crippen LogP contribution in [0.1, 0.15) is 50.7 Å². The van der Waals surface area contributed by atoms with Crippen molar-refractivity contribution in [3.8, 4) is 5.75 Å². The van der Waals surface area contributed by atoms with Gasteiger partial charge in [0.15, 0.2) is 0 Å². The fourth-order valence-electron chi connectivity index (χ4n) is 3.63. The number of carbonyl (C=O) groups excluding carboxylic acids is 2. The summed E-state index contributed by atoms with van der Waals surface area (Å²) in [4.78, 5) is 28.3. The molecular weight excluding hydrogens is 354 g/mol. The average molecular weight is 390 g/mol. The second-order valence-corrected chi connectivity index (χ2v) is 7.45. The number of nitrogens with one attached hydrogen (secondary N) is 1. The number of para-hydroxylation sites is 1. The monoisotopic (exact) mass is 389 g/mol. The molecule has 1 aliphatic heterocycles. The maximum atomic E-state index is 12.4. The number of carbonyl (C=O) groups is 2. The second kappa shape index (κ2) is 10.9. The zero-order valence-electron chi connectivity index (χ0n) is 17.8. The van der Waals surface area contributed by atoms with Crippen LogP contribution in [0.2, 0.25) is 0 Å². The summed E-state index contributed by atoms with van der Waals surface area (Å²) in [5, 5.41) is 3.09. The minimum Gasteiger partial charge on any atom is -0.493 e. The van der Waals surface area contributed by atoms with Gasteiger partial charge in [0.2, 0.25) is 5.91 Å². The predicted molar refractivity (Wildman–Crippen MR) is 112 cm³/mol. The number of likely N-dealkylation sites (tertiary alicyclic amines) is 1. The molecule has 3 amide bonds. The van der Waals surface area contributed by atoms with E-state index >= 15 is 0 Å². The normalized spacial score (nSPS) is 14.6. The van der Waals surface area contributed by atoms with Gasteiger partial charge in [-0.05, 0) is 58.1 Å². The highest BCUT2D eigenvalue weighted by atomic mass is 16.5. The van der Waals surface area contributed by atoms with Gasteiger partial charge in [-0.15, -0.1) is 0 Å². The molecule has 156 valence electrons. The molecule has 0 aliphatic carbocycles. The topological polar surface area (TPSA) is 61.9 Å². The van der Waals surface area contributed by atoms with E-state index in [1.165, 1.54) is 0 Å². The van der Waals surface area contributed by atoms with Crippen molar-refractivity contribution in [3.63, 3.8) is 0 Å². The van der Waals surface area contributed by atoms with Gasteiger partial charge in [-0.3, -0.25) is 4.79 Å². The van der Waals surface area contributed by atoms with Crippen LogP contribution >= 0.6 is 0 Å². The third-order valence-corrected chi connectivity index (χ3v) is 5.42. The van der Waals surface area contributed by atoms with Crippen LogP contribution in [-0.2, 0) is 4.79 Å². The van der Waals surface area contributed by atoms with Gasteiger partial charge in [-0.2, -0.15) is 0 Å². The first-order chi connectivity index (χ1) is 13.5. The SMILES string of the molecule is CCN(CC)C(=O)NC1CCN(C(=O)CCCOc2c(C)cccc2C)CC1. The molecule has 1 heterocycles. The van der Waals surface area contributed by atoms with Crippen LogP contribution in [0.25, 0.3) is 0 Å². The van der Waals surface area contributed by atoms with E-state index in [4.69, 9.17) is 4.74 Å². The Bertz CT molecular complexity index is 630. The van der Waals surface area contributed by atoms with Gasteiger partial charge < -0.3 is 19.9 Å². The summed E-state index contributed by atoms with van der Waals surface area (Å²) < 4.78 is 5.89. The Morgan fingerprint density at radius 3 is 2.32 bits per heavy atom. The lowest BCUT2D eigenvalue weighted by Crippen LogP contribution is -2.50. The van der Waals surface area contributed by atoms with Crippen molar-refractivity contribution >= 4 is 11.9 Å². The van der Waals surface area contributed by atoms with Gasteiger partial charge in [0.25, 0.3) is 0 Å². The highest BCUT2D eigenvalue weighted by molar-refractivity contribution is 5.76. The fourth-order valence-corrected chi connectivity index (χ4v) is 3.63. The Hall–Kier alpha value is -2.24. The molecule has 0 aromatic heterocycles. The summed E-state index contributed by atoms with van der Waals surface area (Å²) in [6, 6.07) is 6.26. The van der Waals surface area contributed by atoms with Gasteiger partial charge in [-0.1, -0.05) is 18.2 Å². The number of hydrogen-bond donors (Lipinski definition) is 1. The van der Waals surface area contributed by atoms with Crippen molar-refractivity contribution in [2.24, 2.45) is 0 Å². The van der Waals surface area contributed by atoms with Gasteiger partial charge >= 0.3 is 6.03 Å². The minimum absolute atomic E-state index is 0.00146. The maximum absolute atomic E-state index is 12.4.